The molecule has 2 rings (SSSR count). The zero-order valence-electron chi connectivity index (χ0n) is 9.36. The molecule has 0 unspecified atom stereocenters. The van der Waals surface area contributed by atoms with Gasteiger partial charge in [0.2, 0.25) is 0 Å². The van der Waals surface area contributed by atoms with Crippen molar-refractivity contribution < 1.29 is 14.6 Å². The summed E-state index contributed by atoms with van der Waals surface area (Å²) in [4.78, 5) is 11.2. The van der Waals surface area contributed by atoms with Crippen molar-refractivity contribution in [1.29, 1.82) is 0 Å². The third-order valence-electron chi connectivity index (χ3n) is 2.82. The second kappa shape index (κ2) is 3.70. The molecule has 0 bridgehead atoms. The van der Waals surface area contributed by atoms with Gasteiger partial charge in [-0.05, 0) is 17.7 Å². The molecule has 1 saturated heterocycles. The molecule has 1 heterocycles. The van der Waals surface area contributed by atoms with E-state index in [1.54, 1.807) is 18.2 Å². The van der Waals surface area contributed by atoms with Crippen LogP contribution in [0.1, 0.15) is 25.5 Å². The Balaban J connectivity index is 2.33. The number of phenolic OH excluding ortho intramolecular Hbond substituents is 1. The molecule has 1 amide bonds. The average Bonchev–Trinajstić information content (AvgIpc) is 2.22. The van der Waals surface area contributed by atoms with Crippen molar-refractivity contribution >= 4 is 6.09 Å². The van der Waals surface area contributed by atoms with Crippen LogP contribution in [0.3, 0.4) is 0 Å². The number of nitrogens with one attached hydrogen (secondary N) is 1. The number of rotatable bonds is 1. The first-order valence-electron chi connectivity index (χ1n) is 5.21. The minimum atomic E-state index is -0.410. The standard InChI is InChI=1S/C12H15NO3/c1-12(2)7-16-11(15)13-10(12)8-4-3-5-9(14)6-8/h3-6,10,14H,7H2,1-2H3,(H,13,15)/t10-/m0/s1. The second-order valence-corrected chi connectivity index (χ2v) is 4.74. The molecule has 4 heteroatoms. The quantitative estimate of drug-likeness (QED) is 0.764. The number of aromatic hydroxyl groups is 1. The van der Waals surface area contributed by atoms with E-state index in [4.69, 9.17) is 4.74 Å². The largest absolute Gasteiger partial charge is 0.508 e. The van der Waals surface area contributed by atoms with Gasteiger partial charge < -0.3 is 15.2 Å². The number of phenols is 1. The molecule has 16 heavy (non-hydrogen) atoms. The molecule has 1 atom stereocenters. The number of hydrogen-bond acceptors (Lipinski definition) is 3. The van der Waals surface area contributed by atoms with Crippen LogP contribution in [0.2, 0.25) is 0 Å². The fourth-order valence-corrected chi connectivity index (χ4v) is 1.93. The van der Waals surface area contributed by atoms with Crippen molar-refractivity contribution in [2.75, 3.05) is 6.61 Å². The van der Waals surface area contributed by atoms with Crippen LogP contribution in [-0.2, 0) is 4.74 Å². The van der Waals surface area contributed by atoms with E-state index in [9.17, 15) is 9.90 Å². The average molecular weight is 221 g/mol. The maximum absolute atomic E-state index is 11.2. The van der Waals surface area contributed by atoms with Crippen LogP contribution < -0.4 is 5.32 Å². The van der Waals surface area contributed by atoms with Crippen molar-refractivity contribution in [3.05, 3.63) is 29.8 Å². The fourth-order valence-electron chi connectivity index (χ4n) is 1.93. The number of carbonyl (C=O) groups excluding carboxylic acids is 1. The Morgan fingerprint density at radius 1 is 1.50 bits per heavy atom. The van der Waals surface area contributed by atoms with E-state index < -0.39 is 6.09 Å². The van der Waals surface area contributed by atoms with Crippen molar-refractivity contribution in [3.8, 4) is 5.75 Å². The van der Waals surface area contributed by atoms with Gasteiger partial charge in [0, 0.05) is 5.41 Å². The zero-order valence-corrected chi connectivity index (χ0v) is 9.36. The lowest BCUT2D eigenvalue weighted by Crippen LogP contribution is -2.46. The maximum Gasteiger partial charge on any atom is 0.407 e. The van der Waals surface area contributed by atoms with Crippen LogP contribution in [-0.4, -0.2) is 17.8 Å². The number of ether oxygens (including phenoxy) is 1. The summed E-state index contributed by atoms with van der Waals surface area (Å²) in [5.74, 6) is 0.203. The summed E-state index contributed by atoms with van der Waals surface area (Å²) in [6, 6.07) is 6.79. The maximum atomic E-state index is 11.2. The number of cyclic esters (lactones) is 1. The van der Waals surface area contributed by atoms with E-state index in [1.807, 2.05) is 19.9 Å². The predicted octanol–water partition coefficient (Wildman–Crippen LogP) is 2.20. The van der Waals surface area contributed by atoms with Gasteiger partial charge >= 0.3 is 6.09 Å². The third kappa shape index (κ3) is 1.96. The van der Waals surface area contributed by atoms with Crippen LogP contribution in [0.5, 0.6) is 5.75 Å². The molecule has 0 spiro atoms. The molecule has 1 aliphatic rings. The monoisotopic (exact) mass is 221 g/mol. The molecule has 1 aromatic rings. The molecule has 0 aromatic heterocycles. The van der Waals surface area contributed by atoms with E-state index in [0.29, 0.717) is 6.61 Å². The normalized spacial score (nSPS) is 23.4. The molecule has 1 aromatic carbocycles. The third-order valence-corrected chi connectivity index (χ3v) is 2.82. The fraction of sp³-hybridized carbons (Fsp3) is 0.417. The van der Waals surface area contributed by atoms with Crippen LogP contribution >= 0.6 is 0 Å². The number of amides is 1. The summed E-state index contributed by atoms with van der Waals surface area (Å²) < 4.78 is 4.96. The van der Waals surface area contributed by atoms with Gasteiger partial charge in [0.1, 0.15) is 12.4 Å². The second-order valence-electron chi connectivity index (χ2n) is 4.74. The van der Waals surface area contributed by atoms with Gasteiger partial charge in [0.25, 0.3) is 0 Å². The van der Waals surface area contributed by atoms with E-state index >= 15 is 0 Å². The Morgan fingerprint density at radius 2 is 2.25 bits per heavy atom. The Bertz CT molecular complexity index is 414. The molecule has 0 radical (unpaired) electrons. The van der Waals surface area contributed by atoms with Crippen molar-refractivity contribution in [2.45, 2.75) is 19.9 Å². The smallest absolute Gasteiger partial charge is 0.407 e. The van der Waals surface area contributed by atoms with Gasteiger partial charge in [-0.3, -0.25) is 0 Å². The van der Waals surface area contributed by atoms with Gasteiger partial charge in [0.15, 0.2) is 0 Å². The SMILES string of the molecule is CC1(C)COC(=O)N[C@H]1c1cccc(O)c1. The molecule has 2 N–H and O–H groups in total. The molecular formula is C12H15NO3. The van der Waals surface area contributed by atoms with E-state index in [-0.39, 0.29) is 17.2 Å². The summed E-state index contributed by atoms with van der Waals surface area (Å²) in [7, 11) is 0. The summed E-state index contributed by atoms with van der Waals surface area (Å²) in [5, 5.41) is 12.2. The molecule has 1 aliphatic heterocycles. The number of hydrogen-bond donors (Lipinski definition) is 2. The summed E-state index contributed by atoms with van der Waals surface area (Å²) >= 11 is 0. The highest BCUT2D eigenvalue weighted by atomic mass is 16.6. The minimum Gasteiger partial charge on any atom is -0.508 e. The summed E-state index contributed by atoms with van der Waals surface area (Å²) in [6.45, 7) is 4.40. The predicted molar refractivity (Wildman–Crippen MR) is 59.1 cm³/mol. The van der Waals surface area contributed by atoms with Crippen LogP contribution in [0.25, 0.3) is 0 Å². The first-order valence-corrected chi connectivity index (χ1v) is 5.21. The zero-order chi connectivity index (χ0) is 11.8. The van der Waals surface area contributed by atoms with Crippen LogP contribution in [0, 0.1) is 5.41 Å². The number of benzene rings is 1. The van der Waals surface area contributed by atoms with Crippen molar-refractivity contribution in [3.63, 3.8) is 0 Å². The van der Waals surface area contributed by atoms with Crippen LogP contribution in [0.4, 0.5) is 4.79 Å². The lowest BCUT2D eigenvalue weighted by Gasteiger charge is -2.38. The lowest BCUT2D eigenvalue weighted by atomic mass is 9.80. The Labute approximate surface area is 94.2 Å². The minimum absolute atomic E-state index is 0.138. The van der Waals surface area contributed by atoms with Gasteiger partial charge in [0.05, 0.1) is 6.04 Å². The van der Waals surface area contributed by atoms with Gasteiger partial charge in [-0.15, -0.1) is 0 Å². The molecule has 86 valence electrons. The highest BCUT2D eigenvalue weighted by Gasteiger charge is 2.37. The number of carbonyl (C=O) groups is 1. The first kappa shape index (κ1) is 10.8. The van der Waals surface area contributed by atoms with Gasteiger partial charge in [-0.1, -0.05) is 26.0 Å². The van der Waals surface area contributed by atoms with Crippen LogP contribution in [0.15, 0.2) is 24.3 Å². The Morgan fingerprint density at radius 3 is 2.94 bits per heavy atom. The molecule has 4 nitrogen and oxygen atoms in total. The van der Waals surface area contributed by atoms with Gasteiger partial charge in [-0.25, -0.2) is 4.79 Å². The summed E-state index contributed by atoms with van der Waals surface area (Å²) in [5.41, 5.74) is 0.698. The topological polar surface area (TPSA) is 58.6 Å². The molecule has 1 fully saturated rings. The van der Waals surface area contributed by atoms with E-state index in [1.165, 1.54) is 0 Å². The first-order chi connectivity index (χ1) is 7.49. The van der Waals surface area contributed by atoms with Gasteiger partial charge in [-0.2, -0.15) is 0 Å². The Hall–Kier alpha value is -1.71. The molecule has 0 aliphatic carbocycles. The number of alkyl carbamates (subject to hydrolysis) is 1. The molecule has 0 saturated carbocycles. The highest BCUT2D eigenvalue weighted by Crippen LogP contribution is 2.37. The van der Waals surface area contributed by atoms with Crippen molar-refractivity contribution in [1.82, 2.24) is 5.32 Å². The van der Waals surface area contributed by atoms with E-state index in [0.717, 1.165) is 5.56 Å². The van der Waals surface area contributed by atoms with Crippen molar-refractivity contribution in [2.24, 2.45) is 5.41 Å². The lowest BCUT2D eigenvalue weighted by molar-refractivity contribution is 0.0387. The Kier molecular flexibility index (Phi) is 2.50. The molecular weight excluding hydrogens is 206 g/mol. The summed E-state index contributed by atoms with van der Waals surface area (Å²) in [6.07, 6.45) is -0.410. The highest BCUT2D eigenvalue weighted by molar-refractivity contribution is 5.69. The van der Waals surface area contributed by atoms with E-state index in [2.05, 4.69) is 5.32 Å².